The number of likely N-dealkylation sites (N-methyl/N-ethyl adjacent to an activating group) is 1. The molecule has 2 aliphatic heterocycles. The number of ether oxygens (including phenoxy) is 1. The molecule has 0 saturated carbocycles. The van der Waals surface area contributed by atoms with E-state index in [-0.39, 0.29) is 6.04 Å². The summed E-state index contributed by atoms with van der Waals surface area (Å²) in [6, 6.07) is 0.571. The van der Waals surface area contributed by atoms with Crippen molar-refractivity contribution in [2.24, 2.45) is 11.7 Å². The van der Waals surface area contributed by atoms with Crippen LogP contribution >= 0.6 is 0 Å². The highest BCUT2D eigenvalue weighted by atomic mass is 16.5. The average molecular weight is 264 g/mol. The molecule has 2 fully saturated rings. The van der Waals surface area contributed by atoms with Gasteiger partial charge in [-0.25, -0.2) is 4.98 Å². The van der Waals surface area contributed by atoms with Crippen molar-refractivity contribution in [3.05, 3.63) is 18.2 Å². The molecule has 0 amide bonds. The minimum Gasteiger partial charge on any atom is -0.381 e. The predicted molar refractivity (Wildman–Crippen MR) is 73.8 cm³/mol. The molecule has 5 heteroatoms. The zero-order valence-electron chi connectivity index (χ0n) is 11.7. The van der Waals surface area contributed by atoms with Crippen LogP contribution in [0.5, 0.6) is 0 Å². The summed E-state index contributed by atoms with van der Waals surface area (Å²) < 4.78 is 7.77. The van der Waals surface area contributed by atoms with E-state index in [1.807, 2.05) is 12.5 Å². The van der Waals surface area contributed by atoms with Crippen LogP contribution in [0.4, 0.5) is 0 Å². The first-order valence-electron chi connectivity index (χ1n) is 7.29. The van der Waals surface area contributed by atoms with Crippen LogP contribution in [0.25, 0.3) is 0 Å². The molecule has 5 nitrogen and oxygen atoms in total. The van der Waals surface area contributed by atoms with Crippen molar-refractivity contribution in [2.75, 3.05) is 33.4 Å². The fourth-order valence-electron chi connectivity index (χ4n) is 3.32. The Balaban J connectivity index is 1.77. The second-order valence-corrected chi connectivity index (χ2v) is 5.93. The molecule has 2 N–H and O–H groups in total. The second kappa shape index (κ2) is 5.61. The molecule has 3 atom stereocenters. The molecule has 2 saturated heterocycles. The fraction of sp³-hybridized carbons (Fsp3) is 0.786. The van der Waals surface area contributed by atoms with Gasteiger partial charge in [-0.2, -0.15) is 0 Å². The number of piperidine rings is 1. The van der Waals surface area contributed by atoms with Gasteiger partial charge in [0.25, 0.3) is 0 Å². The highest BCUT2D eigenvalue weighted by Crippen LogP contribution is 2.30. The van der Waals surface area contributed by atoms with Gasteiger partial charge in [0.05, 0.1) is 24.7 Å². The van der Waals surface area contributed by atoms with Crippen LogP contribution in [-0.2, 0) is 4.74 Å². The molecule has 0 radical (unpaired) electrons. The van der Waals surface area contributed by atoms with Gasteiger partial charge in [-0.3, -0.25) is 0 Å². The molecule has 19 heavy (non-hydrogen) atoms. The summed E-state index contributed by atoms with van der Waals surface area (Å²) in [5.41, 5.74) is 7.61. The van der Waals surface area contributed by atoms with Gasteiger partial charge in [-0.1, -0.05) is 0 Å². The first kappa shape index (κ1) is 13.1. The van der Waals surface area contributed by atoms with E-state index in [4.69, 9.17) is 10.5 Å². The number of rotatable bonds is 3. The maximum atomic E-state index is 6.43. The van der Waals surface area contributed by atoms with Gasteiger partial charge in [0, 0.05) is 31.3 Å². The Hall–Kier alpha value is -0.910. The molecule has 0 bridgehead atoms. The lowest BCUT2D eigenvalue weighted by Gasteiger charge is -2.32. The summed E-state index contributed by atoms with van der Waals surface area (Å²) in [5.74, 6) is 0.441. The predicted octanol–water partition coefficient (Wildman–Crippen LogP) is 1.19. The van der Waals surface area contributed by atoms with Crippen molar-refractivity contribution in [1.82, 2.24) is 14.5 Å². The van der Waals surface area contributed by atoms with Crippen LogP contribution in [0.2, 0.25) is 0 Å². The number of nitrogens with zero attached hydrogens (tertiary/aromatic N) is 3. The van der Waals surface area contributed by atoms with Crippen LogP contribution < -0.4 is 5.73 Å². The maximum Gasteiger partial charge on any atom is 0.0951 e. The largest absolute Gasteiger partial charge is 0.381 e. The molecule has 0 spiro atoms. The van der Waals surface area contributed by atoms with Crippen molar-refractivity contribution in [1.29, 1.82) is 0 Å². The molecule has 1 aromatic rings. The summed E-state index contributed by atoms with van der Waals surface area (Å²) in [7, 11) is 2.19. The first-order chi connectivity index (χ1) is 9.25. The number of likely N-dealkylation sites (tertiary alicyclic amines) is 1. The number of hydrogen-bond acceptors (Lipinski definition) is 4. The van der Waals surface area contributed by atoms with Gasteiger partial charge in [-0.05, 0) is 32.9 Å². The van der Waals surface area contributed by atoms with E-state index in [2.05, 4.69) is 21.5 Å². The number of aromatic nitrogens is 2. The zero-order chi connectivity index (χ0) is 13.2. The third-order valence-corrected chi connectivity index (χ3v) is 4.50. The third kappa shape index (κ3) is 2.68. The van der Waals surface area contributed by atoms with Crippen LogP contribution in [0, 0.1) is 5.92 Å². The summed E-state index contributed by atoms with van der Waals surface area (Å²) in [6.45, 7) is 3.93. The Labute approximate surface area is 114 Å². The van der Waals surface area contributed by atoms with Gasteiger partial charge in [0.1, 0.15) is 0 Å². The van der Waals surface area contributed by atoms with Crippen molar-refractivity contribution < 1.29 is 4.74 Å². The molecule has 106 valence electrons. The number of nitrogens with two attached hydrogens (primary N) is 1. The Morgan fingerprint density at radius 3 is 3.11 bits per heavy atom. The third-order valence-electron chi connectivity index (χ3n) is 4.50. The smallest absolute Gasteiger partial charge is 0.0951 e. The summed E-state index contributed by atoms with van der Waals surface area (Å²) in [4.78, 5) is 6.73. The first-order valence-corrected chi connectivity index (χ1v) is 7.29. The fourth-order valence-corrected chi connectivity index (χ4v) is 3.32. The second-order valence-electron chi connectivity index (χ2n) is 5.93. The molecular weight excluding hydrogens is 240 g/mol. The molecule has 0 aromatic carbocycles. The molecular formula is C14H24N4O. The molecule has 3 rings (SSSR count). The van der Waals surface area contributed by atoms with E-state index in [0.717, 1.165) is 26.2 Å². The zero-order valence-corrected chi connectivity index (χ0v) is 11.7. The van der Waals surface area contributed by atoms with Crippen molar-refractivity contribution in [3.63, 3.8) is 0 Å². The molecule has 2 aliphatic rings. The highest BCUT2D eigenvalue weighted by Gasteiger charge is 2.28. The van der Waals surface area contributed by atoms with E-state index >= 15 is 0 Å². The van der Waals surface area contributed by atoms with Crippen LogP contribution in [0.3, 0.4) is 0 Å². The minimum absolute atomic E-state index is 0.0530. The van der Waals surface area contributed by atoms with Crippen LogP contribution in [-0.4, -0.2) is 47.8 Å². The van der Waals surface area contributed by atoms with Crippen molar-refractivity contribution >= 4 is 0 Å². The summed E-state index contributed by atoms with van der Waals surface area (Å²) >= 11 is 0. The summed E-state index contributed by atoms with van der Waals surface area (Å²) in [6.07, 6.45) is 7.44. The van der Waals surface area contributed by atoms with Gasteiger partial charge < -0.3 is 19.9 Å². The topological polar surface area (TPSA) is 56.3 Å². The Bertz CT molecular complexity index is 397. The lowest BCUT2D eigenvalue weighted by atomic mass is 9.96. The molecule has 0 aliphatic carbocycles. The Morgan fingerprint density at radius 2 is 2.37 bits per heavy atom. The van der Waals surface area contributed by atoms with Gasteiger partial charge in [0.15, 0.2) is 0 Å². The van der Waals surface area contributed by atoms with Gasteiger partial charge in [-0.15, -0.1) is 0 Å². The highest BCUT2D eigenvalue weighted by molar-refractivity contribution is 5.09. The van der Waals surface area contributed by atoms with E-state index in [9.17, 15) is 0 Å². The van der Waals surface area contributed by atoms with Crippen LogP contribution in [0.15, 0.2) is 12.5 Å². The van der Waals surface area contributed by atoms with Crippen molar-refractivity contribution in [3.8, 4) is 0 Å². The monoisotopic (exact) mass is 264 g/mol. The Kier molecular flexibility index (Phi) is 3.86. The SMILES string of the molecule is CN1CCCC(n2cncc2C(N)C2CCOC2)C1. The molecule has 1 aromatic heterocycles. The molecule has 3 unspecified atom stereocenters. The Morgan fingerprint density at radius 1 is 1.47 bits per heavy atom. The normalized spacial score (nSPS) is 30.6. The van der Waals surface area contributed by atoms with E-state index in [1.165, 1.54) is 25.1 Å². The summed E-state index contributed by atoms with van der Waals surface area (Å²) in [5, 5.41) is 0. The van der Waals surface area contributed by atoms with Gasteiger partial charge >= 0.3 is 0 Å². The standard InChI is InChI=1S/C14H24N4O/c1-17-5-2-3-12(8-17)18-10-16-7-13(18)14(15)11-4-6-19-9-11/h7,10-12,14H,2-6,8-9,15H2,1H3. The van der Waals surface area contributed by atoms with E-state index in [1.54, 1.807) is 0 Å². The minimum atomic E-state index is 0.0530. The van der Waals surface area contributed by atoms with Gasteiger partial charge in [0.2, 0.25) is 0 Å². The van der Waals surface area contributed by atoms with E-state index < -0.39 is 0 Å². The number of imidazole rings is 1. The maximum absolute atomic E-state index is 6.43. The van der Waals surface area contributed by atoms with Crippen molar-refractivity contribution in [2.45, 2.75) is 31.3 Å². The van der Waals surface area contributed by atoms with Crippen LogP contribution in [0.1, 0.15) is 37.0 Å². The quantitative estimate of drug-likeness (QED) is 0.891. The lowest BCUT2D eigenvalue weighted by Crippen LogP contribution is -2.35. The number of hydrogen-bond donors (Lipinski definition) is 1. The molecule has 3 heterocycles. The van der Waals surface area contributed by atoms with E-state index in [0.29, 0.717) is 12.0 Å². The average Bonchev–Trinajstić information content (AvgIpc) is 3.09. The lowest BCUT2D eigenvalue weighted by molar-refractivity contribution is 0.178.